The fourth-order valence-electron chi connectivity index (χ4n) is 1.59. The highest BCUT2D eigenvalue weighted by atomic mass is 32.2. The minimum atomic E-state index is -0.103. The number of carbonyl (C=O) groups excluding carboxylic acids is 1. The third kappa shape index (κ3) is 4.55. The predicted octanol–water partition coefficient (Wildman–Crippen LogP) is 3.32. The Morgan fingerprint density at radius 2 is 1.65 bits per heavy atom. The Bertz CT molecular complexity index is 582. The molecule has 0 radical (unpaired) electrons. The Balaban J connectivity index is 1.83. The Kier molecular flexibility index (Phi) is 5.38. The van der Waals surface area contributed by atoms with Crippen molar-refractivity contribution < 1.29 is 4.79 Å². The average molecular weight is 284 g/mol. The average Bonchev–Trinajstić information content (AvgIpc) is 2.52. The molecular weight excluding hydrogens is 268 g/mol. The van der Waals surface area contributed by atoms with Crippen molar-refractivity contribution in [2.45, 2.75) is 11.8 Å². The van der Waals surface area contributed by atoms with Gasteiger partial charge in [0.1, 0.15) is 0 Å². The Hall–Kier alpha value is -2.07. The summed E-state index contributed by atoms with van der Waals surface area (Å²) >= 11 is 1.49. The van der Waals surface area contributed by atoms with E-state index in [9.17, 15) is 4.79 Å². The Labute approximate surface area is 123 Å². The summed E-state index contributed by atoms with van der Waals surface area (Å²) in [6, 6.07) is 19.6. The predicted molar refractivity (Wildman–Crippen MR) is 84.0 cm³/mol. The number of rotatable bonds is 5. The van der Waals surface area contributed by atoms with E-state index in [0.29, 0.717) is 5.75 Å². The maximum atomic E-state index is 11.7. The fraction of sp³-hybridized carbons (Fsp3) is 0.125. The van der Waals surface area contributed by atoms with Crippen LogP contribution in [-0.2, 0) is 4.79 Å². The lowest BCUT2D eigenvalue weighted by Crippen LogP contribution is -2.21. The normalized spacial score (nSPS) is 11.2. The fourth-order valence-corrected chi connectivity index (χ4v) is 2.30. The lowest BCUT2D eigenvalue weighted by atomic mass is 10.1. The van der Waals surface area contributed by atoms with E-state index in [1.807, 2.05) is 67.6 Å². The van der Waals surface area contributed by atoms with Gasteiger partial charge in [0.15, 0.2) is 0 Å². The van der Waals surface area contributed by atoms with E-state index in [0.717, 1.165) is 16.2 Å². The van der Waals surface area contributed by atoms with Gasteiger partial charge in [0.25, 0.3) is 0 Å². The standard InChI is InChI=1S/C16H16N2OS/c1-13(14-8-4-2-5-9-14)17-18-16(19)12-20-15-10-6-3-7-11-15/h2-11H,12H2,1H3,(H,18,19). The van der Waals surface area contributed by atoms with Crippen molar-refractivity contribution in [3.8, 4) is 0 Å². The number of benzene rings is 2. The number of carbonyl (C=O) groups is 1. The first-order valence-electron chi connectivity index (χ1n) is 6.32. The van der Waals surface area contributed by atoms with Crippen molar-refractivity contribution in [3.05, 3.63) is 66.2 Å². The van der Waals surface area contributed by atoms with Gasteiger partial charge in [-0.3, -0.25) is 4.79 Å². The van der Waals surface area contributed by atoms with Gasteiger partial charge < -0.3 is 0 Å². The first-order valence-corrected chi connectivity index (χ1v) is 7.30. The van der Waals surface area contributed by atoms with Crippen molar-refractivity contribution in [2.75, 3.05) is 5.75 Å². The zero-order valence-electron chi connectivity index (χ0n) is 11.2. The van der Waals surface area contributed by atoms with Crippen LogP contribution in [0.25, 0.3) is 0 Å². The van der Waals surface area contributed by atoms with Crippen LogP contribution in [0.2, 0.25) is 0 Å². The van der Waals surface area contributed by atoms with Crippen LogP contribution < -0.4 is 5.43 Å². The molecule has 0 fully saturated rings. The summed E-state index contributed by atoms with van der Waals surface area (Å²) in [7, 11) is 0. The van der Waals surface area contributed by atoms with Crippen molar-refractivity contribution >= 4 is 23.4 Å². The van der Waals surface area contributed by atoms with Crippen molar-refractivity contribution in [3.63, 3.8) is 0 Å². The first-order chi connectivity index (χ1) is 9.75. The summed E-state index contributed by atoms with van der Waals surface area (Å²) in [5, 5.41) is 4.11. The summed E-state index contributed by atoms with van der Waals surface area (Å²) in [6.07, 6.45) is 0. The molecule has 20 heavy (non-hydrogen) atoms. The van der Waals surface area contributed by atoms with Gasteiger partial charge in [-0.25, -0.2) is 5.43 Å². The molecule has 2 aromatic carbocycles. The number of nitrogens with zero attached hydrogens (tertiary/aromatic N) is 1. The molecule has 0 aliphatic rings. The van der Waals surface area contributed by atoms with E-state index in [-0.39, 0.29) is 5.91 Å². The van der Waals surface area contributed by atoms with Crippen LogP contribution in [0.5, 0.6) is 0 Å². The number of hydrogen-bond acceptors (Lipinski definition) is 3. The molecule has 0 unspecified atom stereocenters. The molecule has 0 aliphatic heterocycles. The number of nitrogens with one attached hydrogen (secondary N) is 1. The number of amides is 1. The van der Waals surface area contributed by atoms with Crippen LogP contribution >= 0.6 is 11.8 Å². The highest BCUT2D eigenvalue weighted by Crippen LogP contribution is 2.16. The molecule has 1 N–H and O–H groups in total. The van der Waals surface area contributed by atoms with E-state index in [2.05, 4.69) is 10.5 Å². The molecule has 3 nitrogen and oxygen atoms in total. The largest absolute Gasteiger partial charge is 0.272 e. The zero-order chi connectivity index (χ0) is 14.2. The monoisotopic (exact) mass is 284 g/mol. The summed E-state index contributed by atoms with van der Waals surface area (Å²) in [6.45, 7) is 1.87. The molecule has 0 saturated heterocycles. The maximum absolute atomic E-state index is 11.7. The molecule has 2 aromatic rings. The van der Waals surface area contributed by atoms with Gasteiger partial charge in [0.2, 0.25) is 5.91 Å². The summed E-state index contributed by atoms with van der Waals surface area (Å²) in [5.74, 6) is 0.254. The van der Waals surface area contributed by atoms with E-state index in [1.165, 1.54) is 11.8 Å². The molecule has 102 valence electrons. The molecule has 0 heterocycles. The van der Waals surface area contributed by atoms with Crippen LogP contribution in [0, 0.1) is 0 Å². The third-order valence-corrected chi connectivity index (χ3v) is 3.67. The van der Waals surface area contributed by atoms with Crippen LogP contribution in [0.4, 0.5) is 0 Å². The molecule has 0 spiro atoms. The molecular formula is C16H16N2OS. The highest BCUT2D eigenvalue weighted by molar-refractivity contribution is 8.00. The highest BCUT2D eigenvalue weighted by Gasteiger charge is 2.02. The van der Waals surface area contributed by atoms with Gasteiger partial charge in [0.05, 0.1) is 11.5 Å². The molecule has 0 aromatic heterocycles. The van der Waals surface area contributed by atoms with Gasteiger partial charge in [-0.2, -0.15) is 5.10 Å². The molecule has 1 amide bonds. The summed E-state index contributed by atoms with van der Waals surface area (Å²) in [4.78, 5) is 12.8. The van der Waals surface area contributed by atoms with Crippen LogP contribution in [-0.4, -0.2) is 17.4 Å². The number of hydrogen-bond donors (Lipinski definition) is 1. The van der Waals surface area contributed by atoms with Crippen LogP contribution in [0.15, 0.2) is 70.7 Å². The molecule has 0 aliphatic carbocycles. The van der Waals surface area contributed by atoms with Gasteiger partial charge in [-0.05, 0) is 24.6 Å². The Morgan fingerprint density at radius 1 is 1.05 bits per heavy atom. The second-order valence-corrected chi connectivity index (χ2v) is 5.25. The lowest BCUT2D eigenvalue weighted by molar-refractivity contribution is -0.118. The van der Waals surface area contributed by atoms with Gasteiger partial charge >= 0.3 is 0 Å². The van der Waals surface area contributed by atoms with Gasteiger partial charge in [-0.15, -0.1) is 11.8 Å². The summed E-state index contributed by atoms with van der Waals surface area (Å²) < 4.78 is 0. The minimum absolute atomic E-state index is 0.103. The van der Waals surface area contributed by atoms with Gasteiger partial charge in [0, 0.05) is 4.90 Å². The van der Waals surface area contributed by atoms with E-state index >= 15 is 0 Å². The second kappa shape index (κ2) is 7.50. The summed E-state index contributed by atoms with van der Waals surface area (Å²) in [5.41, 5.74) is 4.38. The maximum Gasteiger partial charge on any atom is 0.250 e. The minimum Gasteiger partial charge on any atom is -0.272 e. The number of hydrazone groups is 1. The smallest absolute Gasteiger partial charge is 0.250 e. The SMILES string of the molecule is CC(=NNC(=O)CSc1ccccc1)c1ccccc1. The Morgan fingerprint density at radius 3 is 2.30 bits per heavy atom. The van der Waals surface area contributed by atoms with E-state index in [4.69, 9.17) is 0 Å². The van der Waals surface area contributed by atoms with Crippen molar-refractivity contribution in [1.82, 2.24) is 5.43 Å². The third-order valence-electron chi connectivity index (χ3n) is 2.65. The zero-order valence-corrected chi connectivity index (χ0v) is 12.1. The van der Waals surface area contributed by atoms with Crippen LogP contribution in [0.3, 0.4) is 0 Å². The topological polar surface area (TPSA) is 41.5 Å². The lowest BCUT2D eigenvalue weighted by Gasteiger charge is -2.03. The first kappa shape index (κ1) is 14.3. The van der Waals surface area contributed by atoms with Crippen LogP contribution in [0.1, 0.15) is 12.5 Å². The quantitative estimate of drug-likeness (QED) is 0.520. The van der Waals surface area contributed by atoms with E-state index in [1.54, 1.807) is 0 Å². The molecule has 0 atom stereocenters. The molecule has 0 bridgehead atoms. The van der Waals surface area contributed by atoms with Gasteiger partial charge in [-0.1, -0.05) is 48.5 Å². The van der Waals surface area contributed by atoms with Crippen molar-refractivity contribution in [1.29, 1.82) is 0 Å². The molecule has 2 rings (SSSR count). The molecule has 4 heteroatoms. The molecule has 0 saturated carbocycles. The van der Waals surface area contributed by atoms with Crippen molar-refractivity contribution in [2.24, 2.45) is 5.10 Å². The number of thioether (sulfide) groups is 1. The second-order valence-electron chi connectivity index (χ2n) is 4.20. The van der Waals surface area contributed by atoms with E-state index < -0.39 is 0 Å².